The molecule has 4 amide bonds. The van der Waals surface area contributed by atoms with Crippen molar-refractivity contribution in [3.05, 3.63) is 63.2 Å². The van der Waals surface area contributed by atoms with Crippen LogP contribution >= 0.6 is 11.6 Å². The van der Waals surface area contributed by atoms with Crippen LogP contribution in [0.15, 0.2) is 42.5 Å². The maximum Gasteiger partial charge on any atom is 0.335 e. The van der Waals surface area contributed by atoms with Gasteiger partial charge in [-0.15, -0.1) is 0 Å². The van der Waals surface area contributed by atoms with Gasteiger partial charge in [-0.05, 0) is 35.9 Å². The lowest BCUT2D eigenvalue weighted by molar-refractivity contribution is -0.384. The fourth-order valence-electron chi connectivity index (χ4n) is 4.75. The molecule has 1 spiro atoms. The van der Waals surface area contributed by atoms with Crippen molar-refractivity contribution in [2.45, 2.75) is 12.5 Å². The number of fused-ring (bicyclic) bond motifs is 4. The van der Waals surface area contributed by atoms with Crippen LogP contribution in [-0.4, -0.2) is 48.6 Å². The number of carbonyl (C=O) groups is 3. The number of anilines is 2. The van der Waals surface area contributed by atoms with Crippen molar-refractivity contribution >= 4 is 46.5 Å². The first kappa shape index (κ1) is 20.4. The number of non-ortho nitro benzene ring substituents is 1. The van der Waals surface area contributed by atoms with E-state index < -0.39 is 34.2 Å². The van der Waals surface area contributed by atoms with E-state index in [0.29, 0.717) is 29.4 Å². The Morgan fingerprint density at radius 2 is 1.91 bits per heavy atom. The summed E-state index contributed by atoms with van der Waals surface area (Å²) in [7, 11) is 0. The molecule has 2 atom stereocenters. The molecule has 0 radical (unpaired) electrons. The number of urea groups is 1. The van der Waals surface area contributed by atoms with Crippen molar-refractivity contribution in [3.63, 3.8) is 0 Å². The average Bonchev–Trinajstić information content (AvgIpc) is 2.78. The number of nitrogens with one attached hydrogen (secondary N) is 1. The van der Waals surface area contributed by atoms with E-state index in [1.165, 1.54) is 36.4 Å². The van der Waals surface area contributed by atoms with E-state index in [1.807, 2.05) is 4.90 Å². The molecule has 164 valence electrons. The van der Waals surface area contributed by atoms with Crippen molar-refractivity contribution in [3.8, 4) is 0 Å². The molecule has 32 heavy (non-hydrogen) atoms. The third-order valence-corrected chi connectivity index (χ3v) is 6.50. The zero-order chi connectivity index (χ0) is 22.6. The Bertz CT molecular complexity index is 1170. The van der Waals surface area contributed by atoms with Crippen LogP contribution in [0.3, 0.4) is 0 Å². The first-order chi connectivity index (χ1) is 15.3. The predicted molar refractivity (Wildman–Crippen MR) is 114 cm³/mol. The Morgan fingerprint density at radius 1 is 1.16 bits per heavy atom. The van der Waals surface area contributed by atoms with Crippen LogP contribution in [0.4, 0.5) is 21.9 Å². The van der Waals surface area contributed by atoms with E-state index in [4.69, 9.17) is 16.3 Å². The molecule has 11 heteroatoms. The van der Waals surface area contributed by atoms with Gasteiger partial charge in [0.1, 0.15) is 0 Å². The summed E-state index contributed by atoms with van der Waals surface area (Å²) >= 11 is 5.94. The molecule has 2 aromatic rings. The molecule has 2 saturated heterocycles. The SMILES string of the molecule is O=C1NC(=O)[C@@]2(Cc3cc([N+](=O)[O-])ccc3N3CCOC[C@H]32)C(=O)N1c1ccc(Cl)cc1. The first-order valence-corrected chi connectivity index (χ1v) is 10.3. The number of hydrogen-bond donors (Lipinski definition) is 1. The van der Waals surface area contributed by atoms with Crippen LogP contribution in [0, 0.1) is 15.5 Å². The maximum absolute atomic E-state index is 13.9. The molecular weight excluding hydrogens is 440 g/mol. The standard InChI is InChI=1S/C21H17ClN4O6/c22-13-1-3-14(4-2-13)25-19(28)21(18(27)23-20(25)29)10-12-9-15(26(30)31)5-6-16(12)24-7-8-32-11-17(21)24/h1-6,9,17H,7-8,10-11H2,(H,23,27,29)/t17-,21-/m0/s1. The highest BCUT2D eigenvalue weighted by Gasteiger charge is 2.63. The van der Waals surface area contributed by atoms with Gasteiger partial charge in [0, 0.05) is 35.8 Å². The summed E-state index contributed by atoms with van der Waals surface area (Å²) in [4.78, 5) is 53.5. The third kappa shape index (κ3) is 2.87. The van der Waals surface area contributed by atoms with Gasteiger partial charge in [0.05, 0.1) is 29.9 Å². The highest BCUT2D eigenvalue weighted by molar-refractivity contribution is 6.32. The van der Waals surface area contributed by atoms with Crippen molar-refractivity contribution < 1.29 is 24.0 Å². The molecule has 0 unspecified atom stereocenters. The third-order valence-electron chi connectivity index (χ3n) is 6.25. The Balaban J connectivity index is 1.66. The predicted octanol–water partition coefficient (Wildman–Crippen LogP) is 2.28. The number of nitro benzene ring substituents is 1. The lowest BCUT2D eigenvalue weighted by Gasteiger charge is -2.53. The van der Waals surface area contributed by atoms with Gasteiger partial charge in [0.2, 0.25) is 5.91 Å². The molecule has 0 aliphatic carbocycles. The van der Waals surface area contributed by atoms with Gasteiger partial charge < -0.3 is 9.64 Å². The molecule has 3 aliphatic heterocycles. The number of carbonyl (C=O) groups excluding carboxylic acids is 3. The van der Waals surface area contributed by atoms with E-state index in [-0.39, 0.29) is 24.4 Å². The summed E-state index contributed by atoms with van der Waals surface area (Å²) in [6.07, 6.45) is -0.101. The van der Waals surface area contributed by atoms with Crippen LogP contribution in [0.25, 0.3) is 0 Å². The number of nitro groups is 1. The molecule has 2 aromatic carbocycles. The lowest BCUT2D eigenvalue weighted by Crippen LogP contribution is -2.74. The van der Waals surface area contributed by atoms with Gasteiger partial charge in [0.15, 0.2) is 5.41 Å². The second-order valence-corrected chi connectivity index (χ2v) is 8.32. The van der Waals surface area contributed by atoms with Gasteiger partial charge >= 0.3 is 6.03 Å². The van der Waals surface area contributed by atoms with Crippen molar-refractivity contribution in [2.24, 2.45) is 5.41 Å². The molecule has 3 heterocycles. The molecule has 10 nitrogen and oxygen atoms in total. The monoisotopic (exact) mass is 456 g/mol. The molecule has 0 aromatic heterocycles. The molecule has 1 N–H and O–H groups in total. The second kappa shape index (κ2) is 7.28. The Kier molecular flexibility index (Phi) is 4.64. The Morgan fingerprint density at radius 3 is 2.62 bits per heavy atom. The number of imide groups is 2. The van der Waals surface area contributed by atoms with Gasteiger partial charge in [0.25, 0.3) is 11.6 Å². The van der Waals surface area contributed by atoms with Crippen molar-refractivity contribution in [1.82, 2.24) is 5.32 Å². The smallest absolute Gasteiger partial charge is 0.335 e. The van der Waals surface area contributed by atoms with Crippen LogP contribution < -0.4 is 15.1 Å². The minimum absolute atomic E-state index is 0.0955. The zero-order valence-electron chi connectivity index (χ0n) is 16.6. The molecular formula is C21H17ClN4O6. The summed E-state index contributed by atoms with van der Waals surface area (Å²) in [5.41, 5.74) is -0.371. The molecule has 5 rings (SSSR count). The minimum Gasteiger partial charge on any atom is -0.377 e. The summed E-state index contributed by atoms with van der Waals surface area (Å²) in [5.74, 6) is -1.44. The number of barbiturate groups is 1. The molecule has 2 fully saturated rings. The van der Waals surface area contributed by atoms with Gasteiger partial charge in [-0.2, -0.15) is 0 Å². The fourth-order valence-corrected chi connectivity index (χ4v) is 4.88. The van der Waals surface area contributed by atoms with Crippen LogP contribution in [-0.2, 0) is 20.7 Å². The number of rotatable bonds is 2. The molecule has 0 bridgehead atoms. The largest absolute Gasteiger partial charge is 0.377 e. The number of halogens is 1. The number of nitrogens with zero attached hydrogens (tertiary/aromatic N) is 3. The average molecular weight is 457 g/mol. The van der Waals surface area contributed by atoms with E-state index >= 15 is 0 Å². The zero-order valence-corrected chi connectivity index (χ0v) is 17.4. The number of amides is 4. The second-order valence-electron chi connectivity index (χ2n) is 7.88. The highest BCUT2D eigenvalue weighted by Crippen LogP contribution is 2.46. The summed E-state index contributed by atoms with van der Waals surface area (Å²) in [6, 6.07) is 8.97. The van der Waals surface area contributed by atoms with Gasteiger partial charge in [-0.25, -0.2) is 9.69 Å². The fraction of sp³-hybridized carbons (Fsp3) is 0.286. The molecule has 0 saturated carbocycles. The van der Waals surface area contributed by atoms with E-state index in [9.17, 15) is 24.5 Å². The number of benzene rings is 2. The lowest BCUT2D eigenvalue weighted by atomic mass is 9.68. The molecule has 3 aliphatic rings. The van der Waals surface area contributed by atoms with Crippen LogP contribution in [0.5, 0.6) is 0 Å². The maximum atomic E-state index is 13.9. The van der Waals surface area contributed by atoms with Crippen LogP contribution in [0.1, 0.15) is 5.56 Å². The Hall–Kier alpha value is -3.50. The Labute approximate surface area is 186 Å². The van der Waals surface area contributed by atoms with Gasteiger partial charge in [-0.1, -0.05) is 11.6 Å². The number of hydrogen-bond acceptors (Lipinski definition) is 7. The summed E-state index contributed by atoms with van der Waals surface area (Å²) in [6.45, 7) is 0.865. The van der Waals surface area contributed by atoms with E-state index in [0.717, 1.165) is 4.90 Å². The summed E-state index contributed by atoms with van der Waals surface area (Å²) < 4.78 is 5.62. The first-order valence-electron chi connectivity index (χ1n) is 9.90. The highest BCUT2D eigenvalue weighted by atomic mass is 35.5. The summed E-state index contributed by atoms with van der Waals surface area (Å²) in [5, 5.41) is 14.1. The van der Waals surface area contributed by atoms with E-state index in [2.05, 4.69) is 5.32 Å². The van der Waals surface area contributed by atoms with E-state index in [1.54, 1.807) is 6.07 Å². The van der Waals surface area contributed by atoms with Gasteiger partial charge in [-0.3, -0.25) is 25.0 Å². The topological polar surface area (TPSA) is 122 Å². The number of morpholine rings is 1. The van der Waals surface area contributed by atoms with Crippen molar-refractivity contribution in [1.29, 1.82) is 0 Å². The minimum atomic E-state index is -1.70. The van der Waals surface area contributed by atoms with Crippen molar-refractivity contribution in [2.75, 3.05) is 29.6 Å². The number of ether oxygens (including phenoxy) is 1. The quantitative estimate of drug-likeness (QED) is 0.418. The van der Waals surface area contributed by atoms with Crippen LogP contribution in [0.2, 0.25) is 5.02 Å². The normalized spacial score (nSPS) is 24.8.